The lowest BCUT2D eigenvalue weighted by atomic mass is 9.89. The molecule has 0 heterocycles. The molecule has 128 valence electrons. The summed E-state index contributed by atoms with van der Waals surface area (Å²) in [6.07, 6.45) is 4.92. The Kier molecular flexibility index (Phi) is 5.73. The number of aryl methyl sites for hydroxylation is 1. The van der Waals surface area contributed by atoms with Crippen LogP contribution in [-0.2, 0) is 9.53 Å². The topological polar surface area (TPSA) is 55.4 Å². The first-order valence-corrected chi connectivity index (χ1v) is 8.33. The van der Waals surface area contributed by atoms with E-state index >= 15 is 0 Å². The molecule has 0 saturated heterocycles. The second kappa shape index (κ2) is 7.58. The first-order valence-electron chi connectivity index (χ1n) is 8.33. The number of unbranched alkanes of at least 4 members (excludes halogenated alkanes) is 1. The van der Waals surface area contributed by atoms with Crippen LogP contribution in [-0.4, -0.2) is 24.0 Å². The maximum absolute atomic E-state index is 12.7. The average Bonchev–Trinajstić information content (AvgIpc) is 2.53. The molecular formula is C20H25NO3. The number of carbonyl (C=O) groups is 2. The van der Waals surface area contributed by atoms with Gasteiger partial charge in [-0.2, -0.15) is 0 Å². The van der Waals surface area contributed by atoms with E-state index in [1.165, 1.54) is 12.2 Å². The second-order valence-electron chi connectivity index (χ2n) is 6.26. The van der Waals surface area contributed by atoms with Gasteiger partial charge in [0.1, 0.15) is 0 Å². The quantitative estimate of drug-likeness (QED) is 0.640. The van der Waals surface area contributed by atoms with Gasteiger partial charge in [-0.3, -0.25) is 9.59 Å². The Labute approximate surface area is 143 Å². The smallest absolute Gasteiger partial charge is 0.253 e. The van der Waals surface area contributed by atoms with Crippen LogP contribution in [0, 0.1) is 6.92 Å². The first-order chi connectivity index (χ1) is 11.4. The highest BCUT2D eigenvalue weighted by atomic mass is 16.5. The summed E-state index contributed by atoms with van der Waals surface area (Å²) in [5.41, 5.74) is 2.01. The molecule has 1 aliphatic carbocycles. The Morgan fingerprint density at radius 3 is 2.21 bits per heavy atom. The first kappa shape index (κ1) is 18.1. The number of allylic oxidation sites excluding steroid dienone is 2. The van der Waals surface area contributed by atoms with E-state index in [9.17, 15) is 9.59 Å². The number of rotatable bonds is 6. The van der Waals surface area contributed by atoms with E-state index in [0.717, 1.165) is 18.4 Å². The Hall–Kier alpha value is -2.20. The summed E-state index contributed by atoms with van der Waals surface area (Å²) >= 11 is 0. The summed E-state index contributed by atoms with van der Waals surface area (Å²) in [7, 11) is 0. The summed E-state index contributed by atoms with van der Waals surface area (Å²) in [5.74, 6) is -0.300. The molecule has 0 fully saturated rings. The SMILES string of the molecule is CCCCOC1(NC(=O)c2ccc(C)cc2)C(C)=CC(=O)C=C1C. The number of carbonyl (C=O) groups excluding carboxylic acids is 2. The van der Waals surface area contributed by atoms with E-state index in [-0.39, 0.29) is 11.7 Å². The van der Waals surface area contributed by atoms with Crippen LogP contribution in [0.15, 0.2) is 47.6 Å². The lowest BCUT2D eigenvalue weighted by molar-refractivity contribution is -0.111. The highest BCUT2D eigenvalue weighted by Gasteiger charge is 2.39. The van der Waals surface area contributed by atoms with Crippen molar-refractivity contribution >= 4 is 11.7 Å². The molecule has 24 heavy (non-hydrogen) atoms. The molecule has 0 aliphatic heterocycles. The van der Waals surface area contributed by atoms with Gasteiger partial charge in [0.05, 0.1) is 6.61 Å². The van der Waals surface area contributed by atoms with Crippen LogP contribution >= 0.6 is 0 Å². The summed E-state index contributed by atoms with van der Waals surface area (Å²) < 4.78 is 6.08. The van der Waals surface area contributed by atoms with Gasteiger partial charge in [-0.15, -0.1) is 0 Å². The number of nitrogens with one attached hydrogen (secondary N) is 1. The van der Waals surface area contributed by atoms with Gasteiger partial charge in [0.15, 0.2) is 11.5 Å². The van der Waals surface area contributed by atoms with Crippen molar-refractivity contribution in [3.8, 4) is 0 Å². The molecule has 1 N–H and O–H groups in total. The lowest BCUT2D eigenvalue weighted by Crippen LogP contribution is -2.54. The molecule has 4 heteroatoms. The van der Waals surface area contributed by atoms with Crippen molar-refractivity contribution in [2.45, 2.75) is 46.3 Å². The third-order valence-electron chi connectivity index (χ3n) is 4.25. The van der Waals surface area contributed by atoms with Crippen molar-refractivity contribution in [1.29, 1.82) is 0 Å². The molecule has 1 aromatic carbocycles. The minimum Gasteiger partial charge on any atom is -0.348 e. The van der Waals surface area contributed by atoms with Crippen molar-refractivity contribution in [1.82, 2.24) is 5.32 Å². The van der Waals surface area contributed by atoms with E-state index in [4.69, 9.17) is 4.74 Å². The molecule has 1 aromatic rings. The predicted octanol–water partition coefficient (Wildman–Crippen LogP) is 3.71. The number of ether oxygens (including phenoxy) is 1. The predicted molar refractivity (Wildman–Crippen MR) is 94.8 cm³/mol. The van der Waals surface area contributed by atoms with Gasteiger partial charge in [-0.25, -0.2) is 0 Å². The summed E-state index contributed by atoms with van der Waals surface area (Å²) in [4.78, 5) is 24.5. The number of ketones is 1. The molecule has 0 saturated carbocycles. The fourth-order valence-corrected chi connectivity index (χ4v) is 2.75. The average molecular weight is 327 g/mol. The fraction of sp³-hybridized carbons (Fsp3) is 0.400. The van der Waals surface area contributed by atoms with Gasteiger partial charge in [0.25, 0.3) is 5.91 Å². The van der Waals surface area contributed by atoms with Crippen LogP contribution < -0.4 is 5.32 Å². The van der Waals surface area contributed by atoms with E-state index in [2.05, 4.69) is 12.2 Å². The van der Waals surface area contributed by atoms with Crippen LogP contribution in [0.4, 0.5) is 0 Å². The van der Waals surface area contributed by atoms with Gasteiger partial charge in [-0.1, -0.05) is 31.0 Å². The summed E-state index contributed by atoms with van der Waals surface area (Å²) in [6.45, 7) is 8.20. The van der Waals surface area contributed by atoms with Crippen molar-refractivity contribution in [2.75, 3.05) is 6.61 Å². The largest absolute Gasteiger partial charge is 0.348 e. The zero-order chi connectivity index (χ0) is 17.7. The van der Waals surface area contributed by atoms with Gasteiger partial charge in [0.2, 0.25) is 0 Å². The summed E-state index contributed by atoms with van der Waals surface area (Å²) in [5, 5.41) is 3.00. The molecule has 0 unspecified atom stereocenters. The van der Waals surface area contributed by atoms with Crippen molar-refractivity contribution in [3.63, 3.8) is 0 Å². The van der Waals surface area contributed by atoms with Crippen LogP contribution in [0.25, 0.3) is 0 Å². The molecule has 0 atom stereocenters. The lowest BCUT2D eigenvalue weighted by Gasteiger charge is -2.38. The molecule has 2 rings (SSSR count). The zero-order valence-corrected chi connectivity index (χ0v) is 14.8. The molecule has 0 bridgehead atoms. The van der Waals surface area contributed by atoms with E-state index in [1.54, 1.807) is 12.1 Å². The minimum atomic E-state index is -1.05. The van der Waals surface area contributed by atoms with Gasteiger partial charge < -0.3 is 10.1 Å². The zero-order valence-electron chi connectivity index (χ0n) is 14.8. The number of amides is 1. The Morgan fingerprint density at radius 1 is 1.08 bits per heavy atom. The molecule has 0 spiro atoms. The Morgan fingerprint density at radius 2 is 1.67 bits per heavy atom. The molecule has 0 aromatic heterocycles. The minimum absolute atomic E-state index is 0.0794. The Balaban J connectivity index is 2.31. The molecular weight excluding hydrogens is 302 g/mol. The van der Waals surface area contributed by atoms with E-state index < -0.39 is 5.72 Å². The number of hydrogen-bond donors (Lipinski definition) is 1. The third-order valence-corrected chi connectivity index (χ3v) is 4.25. The second-order valence-corrected chi connectivity index (χ2v) is 6.26. The van der Waals surface area contributed by atoms with Crippen LogP contribution in [0.5, 0.6) is 0 Å². The van der Waals surface area contributed by atoms with Gasteiger partial charge >= 0.3 is 0 Å². The normalized spacial score (nSPS) is 16.4. The van der Waals surface area contributed by atoms with E-state index in [1.807, 2.05) is 32.9 Å². The molecule has 1 aliphatic rings. The Bertz CT molecular complexity index is 661. The van der Waals surface area contributed by atoms with Crippen LogP contribution in [0.1, 0.15) is 49.5 Å². The monoisotopic (exact) mass is 327 g/mol. The molecule has 4 nitrogen and oxygen atoms in total. The van der Waals surface area contributed by atoms with Gasteiger partial charge in [-0.05, 0) is 62.6 Å². The van der Waals surface area contributed by atoms with E-state index in [0.29, 0.717) is 23.3 Å². The molecule has 0 radical (unpaired) electrons. The highest BCUT2D eigenvalue weighted by Crippen LogP contribution is 2.31. The maximum Gasteiger partial charge on any atom is 0.253 e. The number of benzene rings is 1. The standard InChI is InChI=1S/C20H25NO3/c1-5-6-11-24-20(15(3)12-18(22)13-16(20)4)21-19(23)17-9-7-14(2)8-10-17/h7-10,12-13H,5-6,11H2,1-4H3,(H,21,23). The summed E-state index contributed by atoms with van der Waals surface area (Å²) in [6, 6.07) is 7.37. The van der Waals surface area contributed by atoms with Crippen molar-refractivity contribution in [2.24, 2.45) is 0 Å². The van der Waals surface area contributed by atoms with Crippen LogP contribution in [0.3, 0.4) is 0 Å². The number of hydrogen-bond acceptors (Lipinski definition) is 3. The van der Waals surface area contributed by atoms with Crippen molar-refractivity contribution in [3.05, 3.63) is 58.7 Å². The van der Waals surface area contributed by atoms with Gasteiger partial charge in [0, 0.05) is 5.56 Å². The third kappa shape index (κ3) is 3.82. The maximum atomic E-state index is 12.7. The van der Waals surface area contributed by atoms with Crippen LogP contribution in [0.2, 0.25) is 0 Å². The van der Waals surface area contributed by atoms with Crippen molar-refractivity contribution < 1.29 is 14.3 Å². The highest BCUT2D eigenvalue weighted by molar-refractivity contribution is 6.03. The molecule has 1 amide bonds. The fourth-order valence-electron chi connectivity index (χ4n) is 2.75.